The predicted octanol–water partition coefficient (Wildman–Crippen LogP) is 15.3. The predicted molar refractivity (Wildman–Crippen MR) is 401 cm³/mol. The Kier molecular flexibility index (Phi) is 13.5. The van der Waals surface area contributed by atoms with Crippen molar-refractivity contribution in [3.05, 3.63) is 364 Å². The normalized spacial score (nSPS) is 12.0. The first-order valence-electron chi connectivity index (χ1n) is 32.5. The average Bonchev–Trinajstić information content (AvgIpc) is 1.62. The minimum Gasteiger partial charge on any atom is -0.309 e. The van der Waals surface area contributed by atoms with Crippen molar-refractivity contribution in [2.75, 3.05) is 0 Å². The van der Waals surface area contributed by atoms with Crippen molar-refractivity contribution in [1.82, 2.24) is 28.7 Å². The second kappa shape index (κ2) is 22.9. The highest BCUT2D eigenvalue weighted by atomic mass is 28.3. The molecule has 95 heavy (non-hydrogen) atoms. The van der Waals surface area contributed by atoms with Gasteiger partial charge in [0.05, 0.1) is 33.1 Å². The Morgan fingerprint density at radius 3 is 1.06 bits per heavy atom. The Balaban J connectivity index is 0.910. The number of aromatic nitrogens is 6. The Morgan fingerprint density at radius 1 is 0.211 bits per heavy atom. The Bertz CT molecular complexity index is 5720. The monoisotopic (exact) mass is 1240 g/mol. The summed E-state index contributed by atoms with van der Waals surface area (Å²) in [7, 11) is -6.05. The summed E-state index contributed by atoms with van der Waals surface area (Å²) in [6.07, 6.45) is 0. The lowest BCUT2D eigenvalue weighted by atomic mass is 10.1. The van der Waals surface area contributed by atoms with Gasteiger partial charge in [0.1, 0.15) is 0 Å². The van der Waals surface area contributed by atoms with E-state index in [1.807, 2.05) is 0 Å². The molecular weight excluding hydrogens is 1190 g/mol. The fourth-order valence-corrected chi connectivity index (χ4v) is 25.2. The van der Waals surface area contributed by atoms with Crippen LogP contribution in [-0.4, -0.2) is 44.8 Å². The highest BCUT2D eigenvalue weighted by Crippen LogP contribution is 2.42. The average molecular weight is 1250 g/mol. The van der Waals surface area contributed by atoms with Crippen molar-refractivity contribution < 1.29 is 0 Å². The van der Waals surface area contributed by atoms with Crippen LogP contribution in [0.15, 0.2) is 364 Å². The third-order valence-electron chi connectivity index (χ3n) is 19.6. The molecule has 0 N–H and O–H groups in total. The van der Waals surface area contributed by atoms with Crippen LogP contribution in [0.3, 0.4) is 0 Å². The van der Waals surface area contributed by atoms with Gasteiger partial charge in [-0.2, -0.15) is 15.0 Å². The van der Waals surface area contributed by atoms with Crippen molar-refractivity contribution in [3.63, 3.8) is 0 Å². The molecule has 18 rings (SSSR count). The summed E-state index contributed by atoms with van der Waals surface area (Å²) >= 11 is 0. The van der Waals surface area contributed by atoms with E-state index in [1.54, 1.807) is 0 Å². The van der Waals surface area contributed by atoms with E-state index >= 15 is 0 Å². The lowest BCUT2D eigenvalue weighted by Gasteiger charge is -2.35. The molecular formula is C87H60N6Si2. The van der Waals surface area contributed by atoms with E-state index in [0.717, 1.165) is 76.7 Å². The Labute approximate surface area is 552 Å². The molecule has 0 unspecified atom stereocenters. The van der Waals surface area contributed by atoms with E-state index in [9.17, 15) is 0 Å². The number of fused-ring (bicyclic) bond motifs is 10. The molecule has 0 amide bonds. The van der Waals surface area contributed by atoms with Crippen LogP contribution in [0.25, 0.3) is 106 Å². The lowest BCUT2D eigenvalue weighted by Crippen LogP contribution is -2.74. The minimum absolute atomic E-state index is 0.518. The molecule has 0 saturated heterocycles. The smallest absolute Gasteiger partial charge is 0.240 e. The number of hydrogen-bond acceptors (Lipinski definition) is 3. The molecule has 18 aromatic rings. The molecule has 0 fully saturated rings. The van der Waals surface area contributed by atoms with Gasteiger partial charge in [-0.25, -0.2) is 0 Å². The molecule has 0 aliphatic rings. The van der Waals surface area contributed by atoms with Gasteiger partial charge in [-0.3, -0.25) is 9.13 Å². The van der Waals surface area contributed by atoms with E-state index in [4.69, 9.17) is 15.0 Å². The van der Waals surface area contributed by atoms with Crippen LogP contribution in [0.2, 0.25) is 0 Å². The first kappa shape index (κ1) is 55.7. The molecule has 0 saturated carbocycles. The largest absolute Gasteiger partial charge is 0.309 e. The van der Waals surface area contributed by atoms with Crippen LogP contribution >= 0.6 is 0 Å². The van der Waals surface area contributed by atoms with E-state index in [0.29, 0.717) is 17.7 Å². The van der Waals surface area contributed by atoms with E-state index in [-0.39, 0.29) is 0 Å². The maximum atomic E-state index is 5.83. The van der Waals surface area contributed by atoms with Gasteiger partial charge in [0, 0.05) is 43.6 Å². The van der Waals surface area contributed by atoms with Gasteiger partial charge < -0.3 is 4.57 Å². The van der Waals surface area contributed by atoms with Gasteiger partial charge in [0.25, 0.3) is 0 Å². The van der Waals surface area contributed by atoms with Crippen LogP contribution < -0.4 is 41.5 Å². The first-order valence-corrected chi connectivity index (χ1v) is 36.5. The van der Waals surface area contributed by atoms with Crippen LogP contribution in [0.1, 0.15) is 0 Å². The zero-order valence-electron chi connectivity index (χ0n) is 51.8. The highest BCUT2D eigenvalue weighted by molar-refractivity contribution is 7.20. The molecule has 6 nitrogen and oxygen atoms in total. The number of benzene rings is 14. The topological polar surface area (TPSA) is 53.5 Å². The molecule has 0 spiro atoms. The zero-order valence-corrected chi connectivity index (χ0v) is 53.8. The number of nitrogens with zero attached hydrogens (tertiary/aromatic N) is 6. The molecule has 0 aliphatic carbocycles. The summed E-state index contributed by atoms with van der Waals surface area (Å²) < 4.78 is 7.04. The SMILES string of the molecule is c1ccc(-c2cccc([Si](c3ccccc3)(c3ccccc3)c3cccc(-c4nc(-n5c6ccccc6c6ccccc65)nc(-n5c6ccccc6c6ccc7c(c8ccccc8n7-c7cccc([Si](c8ccccc8)(c8ccccc8)c8ccccc8)c7)c65)n4)c3)c2)cc1. The third-order valence-corrected chi connectivity index (χ3v) is 29.1. The van der Waals surface area contributed by atoms with Gasteiger partial charge in [0.2, 0.25) is 11.9 Å². The zero-order chi connectivity index (χ0) is 62.9. The fraction of sp³-hybridized carbons (Fsp3) is 0. The maximum Gasteiger partial charge on any atom is 0.240 e. The van der Waals surface area contributed by atoms with Gasteiger partial charge in [0.15, 0.2) is 22.0 Å². The van der Waals surface area contributed by atoms with Crippen LogP contribution in [0.4, 0.5) is 0 Å². The van der Waals surface area contributed by atoms with Gasteiger partial charge in [-0.05, 0) is 95.1 Å². The Hall–Kier alpha value is -12.1. The highest BCUT2D eigenvalue weighted by Gasteiger charge is 2.43. The Morgan fingerprint density at radius 2 is 0.558 bits per heavy atom. The molecule has 0 radical (unpaired) electrons. The van der Waals surface area contributed by atoms with Crippen molar-refractivity contribution in [1.29, 1.82) is 0 Å². The van der Waals surface area contributed by atoms with Crippen LogP contribution in [-0.2, 0) is 0 Å². The summed E-state index contributed by atoms with van der Waals surface area (Å²) in [6, 6.07) is 134. The minimum atomic E-state index is -3.14. The van der Waals surface area contributed by atoms with E-state index in [1.165, 1.54) is 52.6 Å². The number of hydrogen-bond donors (Lipinski definition) is 0. The van der Waals surface area contributed by atoms with Crippen molar-refractivity contribution in [2.24, 2.45) is 0 Å². The summed E-state index contributed by atoms with van der Waals surface area (Å²) in [5.74, 6) is 1.61. The van der Waals surface area contributed by atoms with Crippen molar-refractivity contribution in [3.8, 4) is 40.1 Å². The van der Waals surface area contributed by atoms with Gasteiger partial charge in [-0.1, -0.05) is 322 Å². The summed E-state index contributed by atoms with van der Waals surface area (Å²) in [5, 5.41) is 17.0. The molecule has 14 aromatic carbocycles. The molecule has 0 bridgehead atoms. The molecule has 4 heterocycles. The first-order chi connectivity index (χ1) is 47.1. The maximum absolute atomic E-state index is 5.83. The molecule has 4 aromatic heterocycles. The van der Waals surface area contributed by atoms with Crippen molar-refractivity contribution in [2.45, 2.75) is 0 Å². The summed E-state index contributed by atoms with van der Waals surface area (Å²) in [6.45, 7) is 0. The third kappa shape index (κ3) is 8.87. The number of para-hydroxylation sites is 4. The number of rotatable bonds is 13. The van der Waals surface area contributed by atoms with Crippen LogP contribution in [0, 0.1) is 0 Å². The molecule has 0 aliphatic heterocycles. The fourth-order valence-electron chi connectivity index (χ4n) is 15.6. The standard InChI is InChI=1S/C87H60N6Si2/c1-7-30-61(31-8-1)62-32-27-45-70(58-62)95(68-41-15-5-16-42-68,69-43-17-6-18-44-69)71-46-28-33-63(59-71)85-88-86(92-78-52-23-19-48-73(78)74-49-20-24-53-79(74)92)90-87(89-85)93-80-54-25-21-50-75(80)76-56-57-82-83(84(76)93)77-51-22-26-55-81(77)91(82)64-34-29-47-72(60-64)94(65-35-9-2-10-36-65,66-37-11-3-12-38-66)67-39-13-4-14-40-67/h1-60H. The molecule has 446 valence electrons. The van der Waals surface area contributed by atoms with Gasteiger partial charge in [-0.15, -0.1) is 0 Å². The van der Waals surface area contributed by atoms with E-state index < -0.39 is 16.1 Å². The van der Waals surface area contributed by atoms with Crippen LogP contribution in [0.5, 0.6) is 0 Å². The summed E-state index contributed by atoms with van der Waals surface area (Å²) in [4.78, 5) is 17.3. The molecule has 0 atom stereocenters. The van der Waals surface area contributed by atoms with E-state index in [2.05, 4.69) is 378 Å². The second-order valence-corrected chi connectivity index (χ2v) is 32.2. The second-order valence-electron chi connectivity index (χ2n) is 24.6. The summed E-state index contributed by atoms with van der Waals surface area (Å²) in [5.41, 5.74) is 10.6. The molecule has 8 heteroatoms. The quantitative estimate of drug-likeness (QED) is 0.0854. The van der Waals surface area contributed by atoms with Gasteiger partial charge >= 0.3 is 0 Å². The van der Waals surface area contributed by atoms with Crippen molar-refractivity contribution >= 4 is 123 Å². The lowest BCUT2D eigenvalue weighted by molar-refractivity contribution is 0.894.